The number of alkyl carbamates (subject to hydrolysis) is 1. The average Bonchev–Trinajstić information content (AvgIpc) is 2.92. The molecule has 1 heterocycles. The number of benzene rings is 1. The van der Waals surface area contributed by atoms with Crippen molar-refractivity contribution in [3.63, 3.8) is 0 Å². The molecule has 4 N–H and O–H groups in total. The molecule has 0 saturated heterocycles. The lowest BCUT2D eigenvalue weighted by molar-refractivity contribution is 0.0130. The summed E-state index contributed by atoms with van der Waals surface area (Å²) in [5.74, 6) is 0. The van der Waals surface area contributed by atoms with Crippen LogP contribution in [0.15, 0.2) is 24.4 Å². The molecule has 7 nitrogen and oxygen atoms in total. The first-order valence-electron chi connectivity index (χ1n) is 7.53. The molecule has 0 fully saturated rings. The number of nitrogens with one attached hydrogen (secondary N) is 2. The smallest absolute Gasteiger partial charge is 0.407 e. The van der Waals surface area contributed by atoms with E-state index in [0.717, 1.165) is 5.39 Å². The summed E-state index contributed by atoms with van der Waals surface area (Å²) in [5.41, 5.74) is 0.697. The lowest BCUT2D eigenvalue weighted by Crippen LogP contribution is -2.34. The Morgan fingerprint density at radius 2 is 2.13 bits per heavy atom. The molecule has 0 aliphatic rings. The van der Waals surface area contributed by atoms with Crippen molar-refractivity contribution >= 4 is 17.0 Å². The molecule has 0 aliphatic heterocycles. The molecule has 1 aromatic heterocycles. The number of hydrogen-bond donors (Lipinski definition) is 4. The van der Waals surface area contributed by atoms with Crippen LogP contribution in [0.2, 0.25) is 0 Å². The summed E-state index contributed by atoms with van der Waals surface area (Å²) in [6.07, 6.45) is -0.777. The first-order valence-corrected chi connectivity index (χ1v) is 7.53. The number of para-hydroxylation sites is 1. The molecule has 2 rings (SSSR count). The van der Waals surface area contributed by atoms with Gasteiger partial charge in [0.15, 0.2) is 0 Å². The van der Waals surface area contributed by atoms with Gasteiger partial charge in [0.25, 0.3) is 0 Å². The number of fused-ring (bicyclic) bond motifs is 1. The molecule has 0 saturated carbocycles. The number of rotatable bonds is 5. The highest BCUT2D eigenvalue weighted by Gasteiger charge is 2.22. The molecular formula is C16H23N3O4. The zero-order chi connectivity index (χ0) is 17.0. The van der Waals surface area contributed by atoms with Crippen LogP contribution in [-0.4, -0.2) is 44.8 Å². The Kier molecular flexibility index (Phi) is 5.23. The van der Waals surface area contributed by atoms with Gasteiger partial charge in [-0.05, 0) is 27.2 Å². The molecule has 2 unspecified atom stereocenters. The third-order valence-corrected chi connectivity index (χ3v) is 3.30. The van der Waals surface area contributed by atoms with Gasteiger partial charge >= 0.3 is 6.09 Å². The van der Waals surface area contributed by atoms with E-state index in [-0.39, 0.29) is 13.0 Å². The molecule has 126 valence electrons. The first kappa shape index (κ1) is 17.2. The molecule has 23 heavy (non-hydrogen) atoms. The minimum atomic E-state index is -1.07. The van der Waals surface area contributed by atoms with Gasteiger partial charge < -0.3 is 20.3 Å². The maximum absolute atomic E-state index is 11.5. The zero-order valence-corrected chi connectivity index (χ0v) is 13.5. The summed E-state index contributed by atoms with van der Waals surface area (Å²) >= 11 is 0. The largest absolute Gasteiger partial charge is 0.444 e. The second-order valence-corrected chi connectivity index (χ2v) is 6.41. The normalized spacial score (nSPS) is 14.5. The predicted molar refractivity (Wildman–Crippen MR) is 85.9 cm³/mol. The highest BCUT2D eigenvalue weighted by Crippen LogP contribution is 2.25. The van der Waals surface area contributed by atoms with Crippen molar-refractivity contribution in [1.29, 1.82) is 0 Å². The van der Waals surface area contributed by atoms with E-state index in [1.807, 2.05) is 6.07 Å². The van der Waals surface area contributed by atoms with Gasteiger partial charge in [-0.2, -0.15) is 5.10 Å². The van der Waals surface area contributed by atoms with Crippen LogP contribution in [0.25, 0.3) is 10.9 Å². The van der Waals surface area contributed by atoms with Crippen molar-refractivity contribution in [2.24, 2.45) is 0 Å². The van der Waals surface area contributed by atoms with E-state index in [1.54, 1.807) is 39.1 Å². The van der Waals surface area contributed by atoms with Gasteiger partial charge in [-0.15, -0.1) is 0 Å². The van der Waals surface area contributed by atoms with Crippen molar-refractivity contribution < 1.29 is 19.7 Å². The quantitative estimate of drug-likeness (QED) is 0.672. The molecule has 0 aliphatic carbocycles. The molecule has 0 radical (unpaired) electrons. The lowest BCUT2D eigenvalue weighted by atomic mass is 10.00. The minimum absolute atomic E-state index is 0.199. The number of hydrogen-bond acceptors (Lipinski definition) is 5. The summed E-state index contributed by atoms with van der Waals surface area (Å²) in [5, 5.41) is 30.6. The number of carbonyl (C=O) groups excluding carboxylic acids is 1. The van der Waals surface area contributed by atoms with Crippen LogP contribution in [0, 0.1) is 0 Å². The molecule has 0 bridgehead atoms. The Morgan fingerprint density at radius 1 is 1.39 bits per heavy atom. The Balaban J connectivity index is 1.89. The number of aliphatic hydroxyl groups excluding tert-OH is 2. The summed E-state index contributed by atoms with van der Waals surface area (Å²) in [6.45, 7) is 5.52. The van der Waals surface area contributed by atoms with E-state index in [9.17, 15) is 15.0 Å². The van der Waals surface area contributed by atoms with Crippen molar-refractivity contribution in [2.75, 3.05) is 6.54 Å². The zero-order valence-electron chi connectivity index (χ0n) is 13.5. The fourth-order valence-corrected chi connectivity index (χ4v) is 2.24. The van der Waals surface area contributed by atoms with E-state index < -0.39 is 23.9 Å². The van der Waals surface area contributed by atoms with Crippen molar-refractivity contribution in [2.45, 2.75) is 45.0 Å². The maximum atomic E-state index is 11.5. The maximum Gasteiger partial charge on any atom is 0.407 e. The van der Waals surface area contributed by atoms with Gasteiger partial charge in [-0.25, -0.2) is 4.79 Å². The number of amides is 1. The van der Waals surface area contributed by atoms with Gasteiger partial charge in [0.1, 0.15) is 11.7 Å². The highest BCUT2D eigenvalue weighted by molar-refractivity contribution is 5.81. The second kappa shape index (κ2) is 6.97. The second-order valence-electron chi connectivity index (χ2n) is 6.41. The summed E-state index contributed by atoms with van der Waals surface area (Å²) in [6, 6.07) is 5.39. The molecule has 1 amide bonds. The predicted octanol–water partition coefficient (Wildman–Crippen LogP) is 1.87. The van der Waals surface area contributed by atoms with E-state index in [4.69, 9.17) is 4.74 Å². The Labute approximate surface area is 134 Å². The number of aromatic amines is 1. The summed E-state index contributed by atoms with van der Waals surface area (Å²) in [7, 11) is 0. The molecule has 0 spiro atoms. The molecule has 7 heteroatoms. The third kappa shape index (κ3) is 4.67. The number of H-pyrrole nitrogens is 1. The van der Waals surface area contributed by atoms with E-state index in [1.165, 1.54) is 0 Å². The number of nitrogens with zero attached hydrogens (tertiary/aromatic N) is 1. The first-order chi connectivity index (χ1) is 10.8. The summed E-state index contributed by atoms with van der Waals surface area (Å²) in [4.78, 5) is 11.5. The monoisotopic (exact) mass is 321 g/mol. The van der Waals surface area contributed by atoms with Crippen LogP contribution in [0.1, 0.15) is 38.9 Å². The Morgan fingerprint density at radius 3 is 2.83 bits per heavy atom. The molecule has 1 aromatic carbocycles. The van der Waals surface area contributed by atoms with Crippen molar-refractivity contribution in [1.82, 2.24) is 15.5 Å². The van der Waals surface area contributed by atoms with Gasteiger partial charge in [-0.1, -0.05) is 18.2 Å². The van der Waals surface area contributed by atoms with E-state index >= 15 is 0 Å². The number of ether oxygens (including phenoxy) is 1. The molecular weight excluding hydrogens is 298 g/mol. The van der Waals surface area contributed by atoms with Gasteiger partial charge in [0, 0.05) is 17.5 Å². The van der Waals surface area contributed by atoms with Gasteiger partial charge in [-0.3, -0.25) is 5.10 Å². The van der Waals surface area contributed by atoms with Crippen LogP contribution in [0.5, 0.6) is 0 Å². The number of carbonyl (C=O) groups is 1. The van der Waals surface area contributed by atoms with E-state index in [0.29, 0.717) is 11.1 Å². The van der Waals surface area contributed by atoms with Gasteiger partial charge in [0.2, 0.25) is 0 Å². The Hall–Kier alpha value is -2.12. The third-order valence-electron chi connectivity index (χ3n) is 3.30. The Bertz CT molecular complexity index is 663. The average molecular weight is 321 g/mol. The van der Waals surface area contributed by atoms with Crippen LogP contribution < -0.4 is 5.32 Å². The van der Waals surface area contributed by atoms with Gasteiger partial charge in [0.05, 0.1) is 17.8 Å². The van der Waals surface area contributed by atoms with Crippen molar-refractivity contribution in [3.8, 4) is 0 Å². The molecule has 2 aromatic rings. The number of aliphatic hydroxyl groups is 2. The lowest BCUT2D eigenvalue weighted by Gasteiger charge is -2.21. The number of aromatic nitrogens is 2. The van der Waals surface area contributed by atoms with Crippen molar-refractivity contribution in [3.05, 3.63) is 30.0 Å². The fraction of sp³-hybridized carbons (Fsp3) is 0.500. The summed E-state index contributed by atoms with van der Waals surface area (Å²) < 4.78 is 5.10. The topological polar surface area (TPSA) is 107 Å². The van der Waals surface area contributed by atoms with Crippen LogP contribution in [0.3, 0.4) is 0 Å². The van der Waals surface area contributed by atoms with E-state index in [2.05, 4.69) is 15.5 Å². The van der Waals surface area contributed by atoms with Crippen LogP contribution in [-0.2, 0) is 4.74 Å². The SMILES string of the molecule is CC(C)(C)OC(=O)NCCC(O)C(O)c1cccc2cn[nH]c12. The molecule has 2 atom stereocenters. The minimum Gasteiger partial charge on any atom is -0.444 e. The standard InChI is InChI=1S/C16H23N3O4/c1-16(2,3)23-15(22)17-8-7-12(20)14(21)11-6-4-5-10-9-18-19-13(10)11/h4-6,9,12,14,20-21H,7-8H2,1-3H3,(H,17,22)(H,18,19). The van der Waals surface area contributed by atoms with Crippen LogP contribution >= 0.6 is 0 Å². The fourth-order valence-electron chi connectivity index (χ4n) is 2.24. The van der Waals surface area contributed by atoms with Crippen LogP contribution in [0.4, 0.5) is 4.79 Å². The highest BCUT2D eigenvalue weighted by atomic mass is 16.6.